The van der Waals surface area contributed by atoms with Crippen LogP contribution in [-0.2, 0) is 9.53 Å². The Bertz CT molecular complexity index is 676. The first-order valence-electron chi connectivity index (χ1n) is 7.08. The van der Waals surface area contributed by atoms with Crippen molar-refractivity contribution in [2.45, 2.75) is 12.8 Å². The first kappa shape index (κ1) is 13.6. The largest absolute Gasteiger partial charge is 0.465 e. The van der Waals surface area contributed by atoms with Gasteiger partial charge >= 0.3 is 5.97 Å². The minimum absolute atomic E-state index is 0.141. The molecule has 3 nitrogen and oxygen atoms in total. The molecule has 0 unspecified atom stereocenters. The van der Waals surface area contributed by atoms with E-state index in [0.717, 1.165) is 11.1 Å². The van der Waals surface area contributed by atoms with Crippen molar-refractivity contribution in [2.24, 2.45) is 5.92 Å². The van der Waals surface area contributed by atoms with Gasteiger partial charge in [-0.05, 0) is 18.1 Å². The van der Waals surface area contributed by atoms with Gasteiger partial charge in [0.15, 0.2) is 5.78 Å². The molecule has 1 aliphatic rings. The maximum atomic E-state index is 12.6. The number of hydrogen-bond donors (Lipinski definition) is 0. The lowest BCUT2D eigenvalue weighted by Gasteiger charge is -2.18. The zero-order chi connectivity index (χ0) is 14.8. The van der Waals surface area contributed by atoms with E-state index in [1.807, 2.05) is 48.5 Å². The Morgan fingerprint density at radius 1 is 1.05 bits per heavy atom. The van der Waals surface area contributed by atoms with Gasteiger partial charge in [-0.25, -0.2) is 0 Å². The van der Waals surface area contributed by atoms with Gasteiger partial charge in [0.05, 0.1) is 6.61 Å². The van der Waals surface area contributed by atoms with Gasteiger partial charge in [0, 0.05) is 11.5 Å². The summed E-state index contributed by atoms with van der Waals surface area (Å²) < 4.78 is 5.12. The predicted molar refractivity (Wildman–Crippen MR) is 79.2 cm³/mol. The number of rotatable bonds is 3. The molecule has 3 rings (SSSR count). The maximum Gasteiger partial charge on any atom is 0.317 e. The Morgan fingerprint density at radius 2 is 1.71 bits per heavy atom. The molecule has 0 amide bonds. The van der Waals surface area contributed by atoms with Crippen LogP contribution in [0.1, 0.15) is 34.3 Å². The molecule has 21 heavy (non-hydrogen) atoms. The summed E-state index contributed by atoms with van der Waals surface area (Å²) in [6.45, 7) is 2.03. The van der Waals surface area contributed by atoms with Crippen LogP contribution in [0.3, 0.4) is 0 Å². The van der Waals surface area contributed by atoms with Gasteiger partial charge in [-0.1, -0.05) is 54.6 Å². The first-order chi connectivity index (χ1) is 10.2. The van der Waals surface area contributed by atoms with E-state index in [1.54, 1.807) is 13.0 Å². The number of fused-ring (bicyclic) bond motifs is 1. The monoisotopic (exact) mass is 280 g/mol. The second kappa shape index (κ2) is 5.52. The summed E-state index contributed by atoms with van der Waals surface area (Å²) in [6.07, 6.45) is 0. The molecule has 2 atom stereocenters. The number of benzene rings is 2. The molecule has 0 heterocycles. The molecule has 0 aliphatic heterocycles. The first-order valence-corrected chi connectivity index (χ1v) is 7.08. The van der Waals surface area contributed by atoms with Crippen molar-refractivity contribution in [3.63, 3.8) is 0 Å². The van der Waals surface area contributed by atoms with E-state index >= 15 is 0 Å². The fraction of sp³-hybridized carbons (Fsp3) is 0.222. The van der Waals surface area contributed by atoms with Crippen LogP contribution < -0.4 is 0 Å². The minimum Gasteiger partial charge on any atom is -0.465 e. The molecule has 0 fully saturated rings. The smallest absolute Gasteiger partial charge is 0.317 e. The fourth-order valence-corrected chi connectivity index (χ4v) is 3.00. The molecule has 3 heteroatoms. The van der Waals surface area contributed by atoms with Gasteiger partial charge in [0.25, 0.3) is 0 Å². The number of carbonyl (C=O) groups excluding carboxylic acids is 2. The summed E-state index contributed by atoms with van der Waals surface area (Å²) in [6, 6.07) is 17.1. The standard InChI is InChI=1S/C18H16O3/c1-2-21-18(20)16-15(12-8-4-3-5-9-12)13-10-6-7-11-14(13)17(16)19/h3-11,15-16H,2H2,1H3/t15-,16+/m1/s1. The van der Waals surface area contributed by atoms with E-state index in [-0.39, 0.29) is 18.3 Å². The number of Topliss-reactive ketones (excluding diaryl/α,β-unsaturated/α-hetero) is 1. The zero-order valence-corrected chi connectivity index (χ0v) is 11.8. The number of hydrogen-bond acceptors (Lipinski definition) is 3. The van der Waals surface area contributed by atoms with Gasteiger partial charge in [0.2, 0.25) is 0 Å². The highest BCUT2D eigenvalue weighted by atomic mass is 16.5. The normalized spacial score (nSPS) is 20.1. The molecule has 0 spiro atoms. The molecule has 0 radical (unpaired) electrons. The Labute approximate surface area is 123 Å². The van der Waals surface area contributed by atoms with Crippen molar-refractivity contribution in [3.05, 3.63) is 71.3 Å². The third kappa shape index (κ3) is 2.25. The average Bonchev–Trinajstić information content (AvgIpc) is 2.82. The highest BCUT2D eigenvalue weighted by Crippen LogP contribution is 2.42. The lowest BCUT2D eigenvalue weighted by Crippen LogP contribution is -2.26. The molecule has 0 N–H and O–H groups in total. The van der Waals surface area contributed by atoms with Crippen LogP contribution in [-0.4, -0.2) is 18.4 Å². The summed E-state index contributed by atoms with van der Waals surface area (Å²) in [5, 5.41) is 0. The van der Waals surface area contributed by atoms with Gasteiger partial charge in [-0.2, -0.15) is 0 Å². The Morgan fingerprint density at radius 3 is 2.43 bits per heavy atom. The van der Waals surface area contributed by atoms with Gasteiger partial charge in [-0.15, -0.1) is 0 Å². The molecule has 106 valence electrons. The Balaban J connectivity index is 2.12. The topological polar surface area (TPSA) is 43.4 Å². The molecule has 2 aromatic carbocycles. The highest BCUT2D eigenvalue weighted by Gasteiger charge is 2.45. The average molecular weight is 280 g/mol. The highest BCUT2D eigenvalue weighted by molar-refractivity contribution is 6.13. The van der Waals surface area contributed by atoms with Crippen LogP contribution in [0.15, 0.2) is 54.6 Å². The third-order valence-electron chi connectivity index (χ3n) is 3.88. The quantitative estimate of drug-likeness (QED) is 0.640. The predicted octanol–water partition coefficient (Wildman–Crippen LogP) is 3.19. The number of carbonyl (C=O) groups is 2. The second-order valence-corrected chi connectivity index (χ2v) is 5.07. The molecular weight excluding hydrogens is 264 g/mol. The molecule has 0 saturated heterocycles. The van der Waals surface area contributed by atoms with Crippen LogP contribution in [0.25, 0.3) is 0 Å². The Hall–Kier alpha value is -2.42. The lowest BCUT2D eigenvalue weighted by molar-refractivity contribution is -0.146. The van der Waals surface area contributed by atoms with Crippen LogP contribution >= 0.6 is 0 Å². The zero-order valence-electron chi connectivity index (χ0n) is 11.8. The van der Waals surface area contributed by atoms with E-state index in [1.165, 1.54) is 0 Å². The molecular formula is C18H16O3. The van der Waals surface area contributed by atoms with Gasteiger partial charge in [0.1, 0.15) is 5.92 Å². The fourth-order valence-electron chi connectivity index (χ4n) is 3.00. The molecule has 2 aromatic rings. The van der Waals surface area contributed by atoms with Crippen LogP contribution in [0.5, 0.6) is 0 Å². The summed E-state index contributed by atoms with van der Waals surface area (Å²) in [5.74, 6) is -1.61. The van der Waals surface area contributed by atoms with Gasteiger partial charge < -0.3 is 4.74 Å². The van der Waals surface area contributed by atoms with E-state index in [9.17, 15) is 9.59 Å². The van der Waals surface area contributed by atoms with Crippen molar-refractivity contribution in [3.8, 4) is 0 Å². The summed E-state index contributed by atoms with van der Waals surface area (Å²) >= 11 is 0. The number of ketones is 1. The minimum atomic E-state index is -0.773. The second-order valence-electron chi connectivity index (χ2n) is 5.07. The molecule has 0 aromatic heterocycles. The van der Waals surface area contributed by atoms with Crippen molar-refractivity contribution < 1.29 is 14.3 Å². The van der Waals surface area contributed by atoms with Crippen LogP contribution in [0.4, 0.5) is 0 Å². The molecule has 0 bridgehead atoms. The third-order valence-corrected chi connectivity index (χ3v) is 3.88. The molecule has 1 aliphatic carbocycles. The van der Waals surface area contributed by atoms with Crippen molar-refractivity contribution in [1.82, 2.24) is 0 Å². The van der Waals surface area contributed by atoms with Crippen LogP contribution in [0.2, 0.25) is 0 Å². The SMILES string of the molecule is CCOC(=O)[C@@H]1C(=O)c2ccccc2[C@H]1c1ccccc1. The summed E-state index contributed by atoms with van der Waals surface area (Å²) in [5.41, 5.74) is 2.50. The van der Waals surface area contributed by atoms with E-state index in [0.29, 0.717) is 5.56 Å². The van der Waals surface area contributed by atoms with Gasteiger partial charge in [-0.3, -0.25) is 9.59 Å². The lowest BCUT2D eigenvalue weighted by atomic mass is 9.85. The van der Waals surface area contributed by atoms with Crippen molar-refractivity contribution in [2.75, 3.05) is 6.61 Å². The van der Waals surface area contributed by atoms with Crippen LogP contribution in [0, 0.1) is 5.92 Å². The summed E-state index contributed by atoms with van der Waals surface area (Å²) in [7, 11) is 0. The summed E-state index contributed by atoms with van der Waals surface area (Å²) in [4.78, 5) is 24.9. The molecule has 0 saturated carbocycles. The number of esters is 1. The van der Waals surface area contributed by atoms with E-state index in [4.69, 9.17) is 4.74 Å². The maximum absolute atomic E-state index is 12.6. The van der Waals surface area contributed by atoms with Crippen molar-refractivity contribution >= 4 is 11.8 Å². The number of ether oxygens (including phenoxy) is 1. The van der Waals surface area contributed by atoms with E-state index in [2.05, 4.69) is 0 Å². The Kier molecular flexibility index (Phi) is 3.57. The van der Waals surface area contributed by atoms with E-state index < -0.39 is 11.9 Å². The van der Waals surface area contributed by atoms with Crippen molar-refractivity contribution in [1.29, 1.82) is 0 Å².